The van der Waals surface area contributed by atoms with E-state index in [0.29, 0.717) is 17.1 Å². The zero-order valence-electron chi connectivity index (χ0n) is 15.1. The first-order valence-electron chi connectivity index (χ1n) is 8.86. The summed E-state index contributed by atoms with van der Waals surface area (Å²) in [5.74, 6) is -0.363. The van der Waals surface area contributed by atoms with Crippen LogP contribution >= 0.6 is 11.6 Å². The van der Waals surface area contributed by atoms with E-state index in [0.717, 1.165) is 29.7 Å². The normalized spacial score (nSPS) is 17.7. The van der Waals surface area contributed by atoms with Crippen LogP contribution < -0.4 is 0 Å². The first-order valence-corrected chi connectivity index (χ1v) is 10.3. The Balaban J connectivity index is 1.84. The summed E-state index contributed by atoms with van der Waals surface area (Å²) in [6.07, 6.45) is 7.40. The second-order valence-corrected chi connectivity index (χ2v) is 8.27. The topological polar surface area (TPSA) is 46.6 Å². The molecule has 4 nitrogen and oxygen atoms in total. The van der Waals surface area contributed by atoms with Gasteiger partial charge in [-0.05, 0) is 61.2 Å². The Bertz CT molecular complexity index is 834. The van der Waals surface area contributed by atoms with Crippen molar-refractivity contribution in [3.05, 3.63) is 76.8 Å². The maximum Gasteiger partial charge on any atom is 0.337 e. The van der Waals surface area contributed by atoms with Gasteiger partial charge in [0.2, 0.25) is 0 Å². The number of carbonyl (C=O) groups excluding carboxylic acids is 1. The predicted molar refractivity (Wildman–Crippen MR) is 108 cm³/mol. The van der Waals surface area contributed by atoms with Gasteiger partial charge in [0.25, 0.3) is 0 Å². The van der Waals surface area contributed by atoms with Crippen LogP contribution in [-0.4, -0.2) is 27.6 Å². The second-order valence-electron chi connectivity index (χ2n) is 6.39. The molecule has 0 spiro atoms. The average molecular weight is 404 g/mol. The van der Waals surface area contributed by atoms with Crippen molar-refractivity contribution < 1.29 is 13.7 Å². The van der Waals surface area contributed by atoms with E-state index in [4.69, 9.17) is 16.3 Å². The van der Waals surface area contributed by atoms with Gasteiger partial charge in [-0.25, -0.2) is 13.3 Å². The number of allylic oxidation sites excluding steroid dienone is 1. The zero-order chi connectivity index (χ0) is 19.2. The van der Waals surface area contributed by atoms with Crippen LogP contribution in [0.4, 0.5) is 0 Å². The summed E-state index contributed by atoms with van der Waals surface area (Å²) in [4.78, 5) is 12.3. The van der Waals surface area contributed by atoms with Crippen LogP contribution in [0.5, 0.6) is 0 Å². The van der Waals surface area contributed by atoms with Gasteiger partial charge in [0.1, 0.15) is 11.0 Å². The SMILES string of the molecule is COC(=O)c1ccc(CN(C2C=CCCC2)S(=O)c2ccc(Cl)cc2)cc1. The number of benzene rings is 2. The van der Waals surface area contributed by atoms with Crippen LogP contribution in [0.15, 0.2) is 65.6 Å². The fourth-order valence-electron chi connectivity index (χ4n) is 3.06. The van der Waals surface area contributed by atoms with E-state index in [1.165, 1.54) is 7.11 Å². The molecule has 1 aliphatic rings. The molecule has 0 heterocycles. The van der Waals surface area contributed by atoms with E-state index < -0.39 is 11.0 Å². The van der Waals surface area contributed by atoms with E-state index in [9.17, 15) is 9.00 Å². The van der Waals surface area contributed by atoms with E-state index in [2.05, 4.69) is 12.2 Å². The number of nitrogens with zero attached hydrogens (tertiary/aromatic N) is 1. The van der Waals surface area contributed by atoms with Gasteiger partial charge in [0, 0.05) is 17.6 Å². The van der Waals surface area contributed by atoms with Crippen LogP contribution in [0, 0.1) is 0 Å². The monoisotopic (exact) mass is 403 g/mol. The molecule has 0 aliphatic heterocycles. The van der Waals surface area contributed by atoms with Gasteiger partial charge in [-0.15, -0.1) is 0 Å². The lowest BCUT2D eigenvalue weighted by Crippen LogP contribution is -2.36. The lowest BCUT2D eigenvalue weighted by Gasteiger charge is -2.30. The Kier molecular flexibility index (Phi) is 6.83. The summed E-state index contributed by atoms with van der Waals surface area (Å²) >= 11 is 5.97. The number of hydrogen-bond donors (Lipinski definition) is 0. The molecule has 0 bridgehead atoms. The molecule has 142 valence electrons. The molecule has 0 amide bonds. The highest BCUT2D eigenvalue weighted by atomic mass is 35.5. The first kappa shape index (κ1) is 19.8. The Morgan fingerprint density at radius 3 is 2.48 bits per heavy atom. The van der Waals surface area contributed by atoms with Gasteiger partial charge in [0.15, 0.2) is 0 Å². The molecule has 0 N–H and O–H groups in total. The molecule has 2 aromatic rings. The van der Waals surface area contributed by atoms with E-state index in [1.807, 2.05) is 16.4 Å². The minimum Gasteiger partial charge on any atom is -0.465 e. The van der Waals surface area contributed by atoms with Crippen molar-refractivity contribution in [3.8, 4) is 0 Å². The molecule has 0 fully saturated rings. The number of ether oxygens (including phenoxy) is 1. The van der Waals surface area contributed by atoms with Gasteiger partial charge in [-0.3, -0.25) is 0 Å². The highest BCUT2D eigenvalue weighted by Gasteiger charge is 2.24. The lowest BCUT2D eigenvalue weighted by molar-refractivity contribution is 0.0600. The number of methoxy groups -OCH3 is 1. The number of hydrogen-bond acceptors (Lipinski definition) is 3. The van der Waals surface area contributed by atoms with Gasteiger partial charge in [-0.1, -0.05) is 35.9 Å². The molecule has 0 radical (unpaired) electrons. The van der Waals surface area contributed by atoms with Crippen LogP contribution in [0.2, 0.25) is 5.02 Å². The van der Waals surface area contributed by atoms with Crippen LogP contribution in [0.25, 0.3) is 0 Å². The molecule has 3 rings (SSSR count). The Hall–Kier alpha value is -1.95. The number of esters is 1. The molecule has 27 heavy (non-hydrogen) atoms. The summed E-state index contributed by atoms with van der Waals surface area (Å²) in [6, 6.07) is 14.5. The second kappa shape index (κ2) is 9.31. The summed E-state index contributed by atoms with van der Waals surface area (Å²) in [7, 11) is 0.0523. The maximum atomic E-state index is 13.3. The van der Waals surface area contributed by atoms with Gasteiger partial charge in [-0.2, -0.15) is 0 Å². The minimum absolute atomic E-state index is 0.107. The quantitative estimate of drug-likeness (QED) is 0.516. The zero-order valence-corrected chi connectivity index (χ0v) is 16.7. The van der Waals surface area contributed by atoms with E-state index >= 15 is 0 Å². The van der Waals surface area contributed by atoms with Crippen molar-refractivity contribution in [1.29, 1.82) is 0 Å². The summed E-state index contributed by atoms with van der Waals surface area (Å²) in [5.41, 5.74) is 1.49. The lowest BCUT2D eigenvalue weighted by atomic mass is 10.0. The van der Waals surface area contributed by atoms with Gasteiger partial charge >= 0.3 is 5.97 Å². The van der Waals surface area contributed by atoms with Crippen LogP contribution in [-0.2, 0) is 22.3 Å². The van der Waals surface area contributed by atoms with Crippen molar-refractivity contribution in [3.63, 3.8) is 0 Å². The van der Waals surface area contributed by atoms with Crippen molar-refractivity contribution in [2.24, 2.45) is 0 Å². The maximum absolute atomic E-state index is 13.3. The van der Waals surface area contributed by atoms with Crippen molar-refractivity contribution in [1.82, 2.24) is 4.31 Å². The number of rotatable bonds is 6. The molecule has 0 saturated carbocycles. The highest BCUT2D eigenvalue weighted by molar-refractivity contribution is 7.82. The smallest absolute Gasteiger partial charge is 0.337 e. The van der Waals surface area contributed by atoms with Crippen molar-refractivity contribution in [2.45, 2.75) is 36.7 Å². The number of halogens is 1. The van der Waals surface area contributed by atoms with Crippen LogP contribution in [0.3, 0.4) is 0 Å². The molecule has 2 unspecified atom stereocenters. The molecule has 2 aromatic carbocycles. The molecule has 0 aromatic heterocycles. The summed E-state index contributed by atoms with van der Waals surface area (Å²) in [5, 5.41) is 0.623. The fourth-order valence-corrected chi connectivity index (χ4v) is 4.52. The standard InChI is InChI=1S/C21H22ClNO3S/c1-26-21(24)17-9-7-16(8-10-17)15-23(19-5-3-2-4-6-19)27(25)20-13-11-18(22)12-14-20/h3,5,7-14,19H,2,4,6,15H2,1H3. The molecule has 1 aliphatic carbocycles. The summed E-state index contributed by atoms with van der Waals surface area (Å²) in [6.45, 7) is 0.520. The molecular weight excluding hydrogens is 382 g/mol. The molecule has 2 atom stereocenters. The minimum atomic E-state index is -1.31. The highest BCUT2D eigenvalue weighted by Crippen LogP contribution is 2.25. The average Bonchev–Trinajstić information content (AvgIpc) is 2.72. The largest absolute Gasteiger partial charge is 0.465 e. The van der Waals surface area contributed by atoms with Crippen molar-refractivity contribution >= 4 is 28.6 Å². The number of carbonyl (C=O) groups is 1. The van der Waals surface area contributed by atoms with E-state index in [1.54, 1.807) is 36.4 Å². The molecular formula is C21H22ClNO3S. The predicted octanol–water partition coefficient (Wildman–Crippen LogP) is 4.76. The van der Waals surface area contributed by atoms with Gasteiger partial charge in [0.05, 0.1) is 17.6 Å². The Labute approximate surface area is 167 Å². The Morgan fingerprint density at radius 1 is 1.19 bits per heavy atom. The third-order valence-corrected chi connectivity index (χ3v) is 6.29. The Morgan fingerprint density at radius 2 is 1.89 bits per heavy atom. The molecule has 6 heteroatoms. The van der Waals surface area contributed by atoms with Crippen LogP contribution in [0.1, 0.15) is 35.2 Å². The first-order chi connectivity index (χ1) is 13.1. The third kappa shape index (κ3) is 5.06. The van der Waals surface area contributed by atoms with Crippen molar-refractivity contribution in [2.75, 3.05) is 7.11 Å². The molecule has 0 saturated heterocycles. The van der Waals surface area contributed by atoms with Gasteiger partial charge < -0.3 is 4.74 Å². The summed E-state index contributed by atoms with van der Waals surface area (Å²) < 4.78 is 20.0. The fraction of sp³-hybridized carbons (Fsp3) is 0.286. The third-order valence-electron chi connectivity index (χ3n) is 4.54. The van der Waals surface area contributed by atoms with E-state index in [-0.39, 0.29) is 12.0 Å².